The van der Waals surface area contributed by atoms with E-state index in [-0.39, 0.29) is 18.2 Å². The van der Waals surface area contributed by atoms with Gasteiger partial charge >= 0.3 is 0 Å². The van der Waals surface area contributed by atoms with Gasteiger partial charge in [-0.3, -0.25) is 9.59 Å². The van der Waals surface area contributed by atoms with Crippen LogP contribution in [0.5, 0.6) is 17.2 Å². The maximum Gasteiger partial charge on any atom is 0.249 e. The Labute approximate surface area is 185 Å². The third-order valence-corrected chi connectivity index (χ3v) is 5.41. The smallest absolute Gasteiger partial charge is 0.249 e. The summed E-state index contributed by atoms with van der Waals surface area (Å²) in [5, 5.41) is 10.4. The molecule has 9 nitrogen and oxygen atoms in total. The molecule has 1 aliphatic rings. The Kier molecular flexibility index (Phi) is 5.72. The van der Waals surface area contributed by atoms with Crippen LogP contribution in [0, 0.1) is 6.92 Å². The van der Waals surface area contributed by atoms with Crippen LogP contribution in [0.1, 0.15) is 18.0 Å². The Morgan fingerprint density at radius 2 is 1.75 bits per heavy atom. The van der Waals surface area contributed by atoms with Gasteiger partial charge in [-0.15, -0.1) is 0 Å². The molecule has 2 heterocycles. The number of hydrogen-bond donors (Lipinski definition) is 2. The minimum atomic E-state index is -0.809. The SMILES string of the molecule is COc1ccc(-c2nn3c(c2C)NC(=O)C[C@H]3C(=O)Nc2ccc(OC)cc2OC)cc1. The van der Waals surface area contributed by atoms with E-state index in [0.717, 1.165) is 16.9 Å². The molecule has 2 N–H and O–H groups in total. The average Bonchev–Trinajstić information content (AvgIpc) is 3.14. The molecule has 0 bridgehead atoms. The fourth-order valence-electron chi connectivity index (χ4n) is 3.68. The molecule has 2 amide bonds. The molecule has 2 aromatic carbocycles. The molecule has 0 radical (unpaired) electrons. The first-order chi connectivity index (χ1) is 15.4. The van der Waals surface area contributed by atoms with E-state index in [1.54, 1.807) is 37.1 Å². The van der Waals surface area contributed by atoms with Crippen molar-refractivity contribution in [3.8, 4) is 28.5 Å². The monoisotopic (exact) mass is 436 g/mol. The molecule has 1 aliphatic heterocycles. The van der Waals surface area contributed by atoms with E-state index < -0.39 is 6.04 Å². The standard InChI is InChI=1S/C23H24N4O5/c1-13-21(14-5-7-15(30-2)8-6-14)26-27-18(12-20(28)25-22(13)27)23(29)24-17-10-9-16(31-3)11-19(17)32-4/h5-11,18H,12H2,1-4H3,(H,24,29)(H,25,28)/t18-/m0/s1. The zero-order valence-corrected chi connectivity index (χ0v) is 18.3. The van der Waals surface area contributed by atoms with E-state index in [4.69, 9.17) is 14.2 Å². The summed E-state index contributed by atoms with van der Waals surface area (Å²) < 4.78 is 17.3. The van der Waals surface area contributed by atoms with E-state index in [1.807, 2.05) is 31.2 Å². The number of benzene rings is 2. The molecule has 166 valence electrons. The number of rotatable bonds is 6. The summed E-state index contributed by atoms with van der Waals surface area (Å²) >= 11 is 0. The number of anilines is 2. The van der Waals surface area contributed by atoms with Gasteiger partial charge in [0.1, 0.15) is 29.1 Å². The van der Waals surface area contributed by atoms with Crippen LogP contribution in [0.2, 0.25) is 0 Å². The van der Waals surface area contributed by atoms with Gasteiger partial charge in [0.15, 0.2) is 0 Å². The highest BCUT2D eigenvalue weighted by atomic mass is 16.5. The van der Waals surface area contributed by atoms with Crippen molar-refractivity contribution in [2.75, 3.05) is 32.0 Å². The summed E-state index contributed by atoms with van der Waals surface area (Å²) in [5.41, 5.74) is 2.80. The number of amides is 2. The number of hydrogen-bond acceptors (Lipinski definition) is 6. The molecule has 3 aromatic rings. The minimum Gasteiger partial charge on any atom is -0.497 e. The van der Waals surface area contributed by atoms with Gasteiger partial charge in [-0.05, 0) is 43.3 Å². The lowest BCUT2D eigenvalue weighted by Crippen LogP contribution is -2.36. The number of carbonyl (C=O) groups excluding carboxylic acids is 2. The first kappa shape index (κ1) is 21.2. The van der Waals surface area contributed by atoms with E-state index in [1.165, 1.54) is 7.11 Å². The normalized spacial score (nSPS) is 14.9. The van der Waals surface area contributed by atoms with E-state index >= 15 is 0 Å². The lowest BCUT2D eigenvalue weighted by Gasteiger charge is -2.24. The highest BCUT2D eigenvalue weighted by Crippen LogP contribution is 2.36. The van der Waals surface area contributed by atoms with Crippen LogP contribution in [-0.4, -0.2) is 42.9 Å². The molecule has 0 aliphatic carbocycles. The molecule has 0 fully saturated rings. The van der Waals surface area contributed by atoms with Gasteiger partial charge in [0, 0.05) is 17.2 Å². The quantitative estimate of drug-likeness (QED) is 0.614. The fourth-order valence-corrected chi connectivity index (χ4v) is 3.68. The van der Waals surface area contributed by atoms with Gasteiger partial charge in [0.05, 0.1) is 39.1 Å². The van der Waals surface area contributed by atoms with Crippen molar-refractivity contribution in [3.63, 3.8) is 0 Å². The molecular formula is C23H24N4O5. The van der Waals surface area contributed by atoms with Crippen LogP contribution < -0.4 is 24.8 Å². The number of ether oxygens (including phenoxy) is 3. The number of carbonyl (C=O) groups is 2. The second-order valence-electron chi connectivity index (χ2n) is 7.32. The molecular weight excluding hydrogens is 412 g/mol. The zero-order valence-electron chi connectivity index (χ0n) is 18.3. The van der Waals surface area contributed by atoms with Crippen molar-refractivity contribution < 1.29 is 23.8 Å². The molecule has 0 saturated heterocycles. The summed E-state index contributed by atoms with van der Waals surface area (Å²) in [5.74, 6) is 1.68. The Morgan fingerprint density at radius 3 is 2.41 bits per heavy atom. The Bertz CT molecular complexity index is 1170. The van der Waals surface area contributed by atoms with Crippen LogP contribution in [0.4, 0.5) is 11.5 Å². The molecule has 0 saturated carbocycles. The highest BCUT2D eigenvalue weighted by molar-refractivity contribution is 6.02. The van der Waals surface area contributed by atoms with E-state index in [2.05, 4.69) is 15.7 Å². The first-order valence-electron chi connectivity index (χ1n) is 10.0. The van der Waals surface area contributed by atoms with Gasteiger partial charge in [-0.2, -0.15) is 5.10 Å². The summed E-state index contributed by atoms with van der Waals surface area (Å²) in [6.07, 6.45) is -0.0273. The highest BCUT2D eigenvalue weighted by Gasteiger charge is 2.34. The summed E-state index contributed by atoms with van der Waals surface area (Å²) in [4.78, 5) is 25.6. The van der Waals surface area contributed by atoms with Crippen LogP contribution in [0.25, 0.3) is 11.3 Å². The van der Waals surface area contributed by atoms with Crippen LogP contribution >= 0.6 is 0 Å². The number of methoxy groups -OCH3 is 3. The largest absolute Gasteiger partial charge is 0.497 e. The number of nitrogens with zero attached hydrogens (tertiary/aromatic N) is 2. The van der Waals surface area contributed by atoms with Crippen molar-refractivity contribution in [1.29, 1.82) is 0 Å². The van der Waals surface area contributed by atoms with Gasteiger partial charge < -0.3 is 24.8 Å². The van der Waals surface area contributed by atoms with Crippen LogP contribution in [0.15, 0.2) is 42.5 Å². The van der Waals surface area contributed by atoms with Crippen LogP contribution in [0.3, 0.4) is 0 Å². The lowest BCUT2D eigenvalue weighted by atomic mass is 10.1. The average molecular weight is 436 g/mol. The third kappa shape index (κ3) is 3.84. The van der Waals surface area contributed by atoms with Crippen molar-refractivity contribution in [2.24, 2.45) is 0 Å². The maximum absolute atomic E-state index is 13.2. The van der Waals surface area contributed by atoms with Gasteiger partial charge in [0.2, 0.25) is 11.8 Å². The third-order valence-electron chi connectivity index (χ3n) is 5.41. The molecule has 1 atom stereocenters. The van der Waals surface area contributed by atoms with E-state index in [0.29, 0.717) is 28.7 Å². The van der Waals surface area contributed by atoms with E-state index in [9.17, 15) is 9.59 Å². The molecule has 0 unspecified atom stereocenters. The van der Waals surface area contributed by atoms with Gasteiger partial charge in [-0.25, -0.2) is 4.68 Å². The molecule has 32 heavy (non-hydrogen) atoms. The number of fused-ring (bicyclic) bond motifs is 1. The topological polar surface area (TPSA) is 104 Å². The fraction of sp³-hybridized carbons (Fsp3) is 0.261. The predicted molar refractivity (Wildman–Crippen MR) is 119 cm³/mol. The molecule has 4 rings (SSSR count). The minimum absolute atomic E-state index is 0.0273. The number of nitrogens with one attached hydrogen (secondary N) is 2. The molecule has 1 aromatic heterocycles. The Morgan fingerprint density at radius 1 is 1.06 bits per heavy atom. The van der Waals surface area contributed by atoms with Crippen molar-refractivity contribution in [3.05, 3.63) is 48.0 Å². The van der Waals surface area contributed by atoms with Gasteiger partial charge in [-0.1, -0.05) is 0 Å². The summed E-state index contributed by atoms with van der Waals surface area (Å²) in [7, 11) is 4.66. The Balaban J connectivity index is 1.67. The van der Waals surface area contributed by atoms with Crippen molar-refractivity contribution in [2.45, 2.75) is 19.4 Å². The Hall–Kier alpha value is -4.01. The number of aromatic nitrogens is 2. The summed E-state index contributed by atoms with van der Waals surface area (Å²) in [6.45, 7) is 1.87. The molecule has 0 spiro atoms. The van der Waals surface area contributed by atoms with Crippen molar-refractivity contribution in [1.82, 2.24) is 9.78 Å². The second-order valence-corrected chi connectivity index (χ2v) is 7.32. The first-order valence-corrected chi connectivity index (χ1v) is 10.0. The van der Waals surface area contributed by atoms with Crippen molar-refractivity contribution >= 4 is 23.3 Å². The predicted octanol–water partition coefficient (Wildman–Crippen LogP) is 3.41. The lowest BCUT2D eigenvalue weighted by molar-refractivity contribution is -0.125. The summed E-state index contributed by atoms with van der Waals surface area (Å²) in [6, 6.07) is 11.7. The molecule has 9 heteroatoms. The van der Waals surface area contributed by atoms with Gasteiger partial charge in [0.25, 0.3) is 0 Å². The van der Waals surface area contributed by atoms with Crippen LogP contribution in [-0.2, 0) is 9.59 Å². The second kappa shape index (κ2) is 8.62. The maximum atomic E-state index is 13.2. The zero-order chi connectivity index (χ0) is 22.8.